The number of carbonyl (C=O) groups is 1. The number of carbonyl (C=O) groups excluding carboxylic acids is 1. The SMILES string of the molecule is COCCN1CCOB1c1cnc(NC(C)=O)cc1C(F)(F)F. The Bertz CT molecular complexity index is 571. The fourth-order valence-electron chi connectivity index (χ4n) is 2.39. The van der Waals surface area contributed by atoms with E-state index in [1.54, 1.807) is 4.81 Å². The van der Waals surface area contributed by atoms with Crippen molar-refractivity contribution in [3.05, 3.63) is 17.8 Å². The van der Waals surface area contributed by atoms with Crippen molar-refractivity contribution in [1.82, 2.24) is 9.79 Å². The summed E-state index contributed by atoms with van der Waals surface area (Å²) in [6, 6.07) is 0.826. The molecule has 6 nitrogen and oxygen atoms in total. The minimum absolute atomic E-state index is 0.0693. The van der Waals surface area contributed by atoms with Gasteiger partial charge in [-0.3, -0.25) is 4.79 Å². The van der Waals surface area contributed by atoms with Crippen LogP contribution < -0.4 is 10.8 Å². The number of ether oxygens (including phenoxy) is 1. The van der Waals surface area contributed by atoms with Crippen molar-refractivity contribution in [2.24, 2.45) is 0 Å². The lowest BCUT2D eigenvalue weighted by Crippen LogP contribution is -2.49. The number of aromatic nitrogens is 1. The molecular formula is C13H17BF3N3O3. The van der Waals surface area contributed by atoms with E-state index >= 15 is 0 Å². The highest BCUT2D eigenvalue weighted by atomic mass is 19.4. The summed E-state index contributed by atoms with van der Waals surface area (Å²) < 4.78 is 50.5. The van der Waals surface area contributed by atoms with E-state index in [0.29, 0.717) is 26.3 Å². The summed E-state index contributed by atoms with van der Waals surface area (Å²) in [6.07, 6.45) is -3.48. The number of nitrogens with one attached hydrogen (secondary N) is 1. The minimum Gasteiger partial charge on any atom is -0.416 e. The number of pyridine rings is 1. The van der Waals surface area contributed by atoms with E-state index in [9.17, 15) is 18.0 Å². The lowest BCUT2D eigenvalue weighted by atomic mass is 9.70. The summed E-state index contributed by atoms with van der Waals surface area (Å²) in [5.41, 5.74) is -0.939. The van der Waals surface area contributed by atoms with Crippen molar-refractivity contribution in [2.75, 3.05) is 38.7 Å². The highest BCUT2D eigenvalue weighted by Crippen LogP contribution is 2.30. The first-order valence-corrected chi connectivity index (χ1v) is 7.02. The summed E-state index contributed by atoms with van der Waals surface area (Å²) in [5, 5.41) is 2.26. The largest absolute Gasteiger partial charge is 0.421 e. The van der Waals surface area contributed by atoms with Gasteiger partial charge in [-0.25, -0.2) is 4.98 Å². The van der Waals surface area contributed by atoms with Gasteiger partial charge in [0.15, 0.2) is 0 Å². The van der Waals surface area contributed by atoms with E-state index in [4.69, 9.17) is 9.39 Å². The van der Waals surface area contributed by atoms with Gasteiger partial charge in [-0.05, 0) is 11.5 Å². The normalized spacial score (nSPS) is 16.0. The van der Waals surface area contributed by atoms with E-state index in [1.165, 1.54) is 14.0 Å². The first-order valence-electron chi connectivity index (χ1n) is 7.02. The van der Waals surface area contributed by atoms with Crippen LogP contribution in [-0.2, 0) is 20.4 Å². The number of amides is 1. The Hall–Kier alpha value is -1.65. The Morgan fingerprint density at radius 3 is 2.91 bits per heavy atom. The second-order valence-corrected chi connectivity index (χ2v) is 5.09. The molecule has 0 radical (unpaired) electrons. The molecule has 1 fully saturated rings. The monoisotopic (exact) mass is 331 g/mol. The van der Waals surface area contributed by atoms with Crippen LogP contribution >= 0.6 is 0 Å². The van der Waals surface area contributed by atoms with Crippen LogP contribution in [0.25, 0.3) is 0 Å². The smallest absolute Gasteiger partial charge is 0.416 e. The topological polar surface area (TPSA) is 63.7 Å². The quantitative estimate of drug-likeness (QED) is 0.806. The molecule has 1 aliphatic rings. The third-order valence-corrected chi connectivity index (χ3v) is 3.38. The van der Waals surface area contributed by atoms with Gasteiger partial charge in [0.05, 0.1) is 12.2 Å². The Labute approximate surface area is 132 Å². The zero-order chi connectivity index (χ0) is 17.0. The summed E-state index contributed by atoms with van der Waals surface area (Å²) in [4.78, 5) is 16.6. The second kappa shape index (κ2) is 7.28. The molecule has 0 unspecified atom stereocenters. The van der Waals surface area contributed by atoms with Crippen molar-refractivity contribution in [2.45, 2.75) is 13.1 Å². The number of halogens is 3. The third kappa shape index (κ3) is 4.43. The summed E-state index contributed by atoms with van der Waals surface area (Å²) in [7, 11) is 0.692. The third-order valence-electron chi connectivity index (χ3n) is 3.38. The highest BCUT2D eigenvalue weighted by Gasteiger charge is 2.42. The molecule has 0 atom stereocenters. The highest BCUT2D eigenvalue weighted by molar-refractivity contribution is 6.65. The minimum atomic E-state index is -4.58. The molecule has 0 bridgehead atoms. The van der Waals surface area contributed by atoms with Gasteiger partial charge < -0.3 is 19.5 Å². The maximum absolute atomic E-state index is 13.4. The molecule has 0 saturated carbocycles. The Kier molecular flexibility index (Phi) is 5.61. The average Bonchev–Trinajstić information content (AvgIpc) is 2.91. The Morgan fingerprint density at radius 2 is 2.30 bits per heavy atom. The lowest BCUT2D eigenvalue weighted by molar-refractivity contribution is -0.136. The number of hydrogen-bond acceptors (Lipinski definition) is 5. The molecule has 2 heterocycles. The maximum Gasteiger partial charge on any atom is 0.421 e. The molecule has 2 rings (SSSR count). The number of anilines is 1. The molecule has 0 aromatic carbocycles. The van der Waals surface area contributed by atoms with Gasteiger partial charge in [-0.1, -0.05) is 0 Å². The molecule has 0 aliphatic carbocycles. The van der Waals surface area contributed by atoms with Crippen LogP contribution in [0.3, 0.4) is 0 Å². The van der Waals surface area contributed by atoms with Gasteiger partial charge in [0.2, 0.25) is 5.91 Å². The lowest BCUT2D eigenvalue weighted by Gasteiger charge is -2.22. The molecule has 1 aliphatic heterocycles. The van der Waals surface area contributed by atoms with E-state index < -0.39 is 24.7 Å². The van der Waals surface area contributed by atoms with E-state index in [1.807, 2.05) is 0 Å². The zero-order valence-corrected chi connectivity index (χ0v) is 12.8. The number of rotatable bonds is 5. The fraction of sp³-hybridized carbons (Fsp3) is 0.538. The van der Waals surface area contributed by atoms with Crippen LogP contribution in [0.15, 0.2) is 12.3 Å². The molecule has 1 saturated heterocycles. The molecule has 23 heavy (non-hydrogen) atoms. The molecular weight excluding hydrogens is 314 g/mol. The van der Waals surface area contributed by atoms with Crippen LogP contribution in [0.2, 0.25) is 0 Å². The first-order chi connectivity index (χ1) is 10.8. The fourth-order valence-corrected chi connectivity index (χ4v) is 2.39. The predicted molar refractivity (Wildman–Crippen MR) is 78.3 cm³/mol. The van der Waals surface area contributed by atoms with Crippen LogP contribution in [0.1, 0.15) is 12.5 Å². The van der Waals surface area contributed by atoms with E-state index in [0.717, 1.165) is 12.3 Å². The molecule has 1 aromatic rings. The second-order valence-electron chi connectivity index (χ2n) is 5.09. The van der Waals surface area contributed by atoms with Gasteiger partial charge in [0.25, 0.3) is 0 Å². The Morgan fingerprint density at radius 1 is 1.57 bits per heavy atom. The number of methoxy groups -OCH3 is 1. The van der Waals surface area contributed by atoms with Crippen molar-refractivity contribution in [1.29, 1.82) is 0 Å². The number of alkyl halides is 3. The molecule has 1 aromatic heterocycles. The zero-order valence-electron chi connectivity index (χ0n) is 12.8. The van der Waals surface area contributed by atoms with Crippen LogP contribution in [-0.4, -0.2) is 56.2 Å². The summed E-state index contributed by atoms with van der Waals surface area (Å²) in [5.74, 6) is -0.632. The first kappa shape index (κ1) is 17.7. The molecule has 1 N–H and O–H groups in total. The standard InChI is InChI=1S/C13H17BF3N3O3/c1-9(21)19-12-7-10(13(15,16)17)11(8-18-12)14-20(3-5-22-2)4-6-23-14/h7-8H,3-6H2,1-2H3,(H,18,19,21). The molecule has 1 amide bonds. The van der Waals surface area contributed by atoms with Crippen LogP contribution in [0.5, 0.6) is 0 Å². The van der Waals surface area contributed by atoms with Gasteiger partial charge >= 0.3 is 13.2 Å². The van der Waals surface area contributed by atoms with E-state index in [2.05, 4.69) is 10.3 Å². The van der Waals surface area contributed by atoms with Crippen LogP contribution in [0, 0.1) is 0 Å². The average molecular weight is 331 g/mol. The van der Waals surface area contributed by atoms with Crippen molar-refractivity contribution >= 4 is 24.2 Å². The van der Waals surface area contributed by atoms with E-state index in [-0.39, 0.29) is 11.3 Å². The van der Waals surface area contributed by atoms with Crippen molar-refractivity contribution < 1.29 is 27.4 Å². The maximum atomic E-state index is 13.4. The molecule has 10 heteroatoms. The number of nitrogens with zero attached hydrogens (tertiary/aromatic N) is 2. The molecule has 126 valence electrons. The van der Waals surface area contributed by atoms with Crippen molar-refractivity contribution in [3.63, 3.8) is 0 Å². The predicted octanol–water partition coefficient (Wildman–Crippen LogP) is 0.733. The number of hydrogen-bond donors (Lipinski definition) is 1. The van der Waals surface area contributed by atoms with Gasteiger partial charge in [-0.15, -0.1) is 0 Å². The van der Waals surface area contributed by atoms with Gasteiger partial charge in [0, 0.05) is 39.9 Å². The molecule has 0 spiro atoms. The Balaban J connectivity index is 2.34. The van der Waals surface area contributed by atoms with Crippen molar-refractivity contribution in [3.8, 4) is 0 Å². The van der Waals surface area contributed by atoms with Gasteiger partial charge in [-0.2, -0.15) is 13.2 Å². The summed E-state index contributed by atoms with van der Waals surface area (Å²) in [6.45, 7) is 2.89. The van der Waals surface area contributed by atoms with Gasteiger partial charge in [0.1, 0.15) is 5.82 Å². The van der Waals surface area contributed by atoms with Crippen LogP contribution in [0.4, 0.5) is 19.0 Å². The summed E-state index contributed by atoms with van der Waals surface area (Å²) >= 11 is 0.